The Morgan fingerprint density at radius 2 is 2.24 bits per heavy atom. The van der Waals surface area contributed by atoms with E-state index < -0.39 is 0 Å². The molecule has 0 radical (unpaired) electrons. The maximum Gasteiger partial charge on any atom is 0.251 e. The van der Waals surface area contributed by atoms with Crippen LogP contribution in [-0.4, -0.2) is 23.7 Å². The Morgan fingerprint density at radius 1 is 1.43 bits per heavy atom. The molecule has 1 saturated carbocycles. The van der Waals surface area contributed by atoms with Crippen LogP contribution in [0.5, 0.6) is 0 Å². The second kappa shape index (κ2) is 6.54. The van der Waals surface area contributed by atoms with E-state index in [0.29, 0.717) is 13.2 Å². The van der Waals surface area contributed by atoms with Crippen molar-refractivity contribution in [2.24, 2.45) is 10.9 Å². The Balaban J connectivity index is 1.97. The van der Waals surface area contributed by atoms with Crippen molar-refractivity contribution in [3.05, 3.63) is 29.1 Å². The normalized spacial score (nSPS) is 16.3. The highest BCUT2D eigenvalue weighted by atomic mass is 32.1. The number of carbonyl (C=O) groups is 1. The number of ether oxygens (including phenoxy) is 1. The Labute approximate surface area is 128 Å². The van der Waals surface area contributed by atoms with Gasteiger partial charge in [-0.3, -0.25) is 4.79 Å². The van der Waals surface area contributed by atoms with Gasteiger partial charge >= 0.3 is 0 Å². The number of thiazole rings is 1. The van der Waals surface area contributed by atoms with E-state index in [1.165, 1.54) is 0 Å². The lowest BCUT2D eigenvalue weighted by molar-refractivity contribution is -0.124. The minimum Gasteiger partial charge on any atom is -0.380 e. The van der Waals surface area contributed by atoms with Gasteiger partial charge < -0.3 is 9.30 Å². The van der Waals surface area contributed by atoms with Gasteiger partial charge in [0, 0.05) is 19.1 Å². The summed E-state index contributed by atoms with van der Waals surface area (Å²) < 4.78 is 8.72. The lowest BCUT2D eigenvalue weighted by atomic mass is 9.85. The van der Waals surface area contributed by atoms with Gasteiger partial charge in [-0.15, -0.1) is 0 Å². The number of para-hydroxylation sites is 1. The van der Waals surface area contributed by atoms with Crippen LogP contribution in [0.4, 0.5) is 0 Å². The molecule has 1 heterocycles. The summed E-state index contributed by atoms with van der Waals surface area (Å²) in [5.41, 5.74) is 1.13. The molecule has 112 valence electrons. The number of amides is 1. The molecule has 0 unspecified atom stereocenters. The average Bonchev–Trinajstić information content (AvgIpc) is 2.75. The zero-order valence-electron chi connectivity index (χ0n) is 12.2. The summed E-state index contributed by atoms with van der Waals surface area (Å²) in [5, 5.41) is 0. The molecular weight excluding hydrogens is 284 g/mol. The fourth-order valence-electron chi connectivity index (χ4n) is 2.46. The van der Waals surface area contributed by atoms with Crippen LogP contribution in [0.3, 0.4) is 0 Å². The number of benzene rings is 1. The van der Waals surface area contributed by atoms with E-state index in [0.717, 1.165) is 40.8 Å². The van der Waals surface area contributed by atoms with Crippen molar-refractivity contribution in [1.29, 1.82) is 0 Å². The van der Waals surface area contributed by atoms with Crippen LogP contribution in [0, 0.1) is 5.92 Å². The highest BCUT2D eigenvalue weighted by Gasteiger charge is 2.25. The summed E-state index contributed by atoms with van der Waals surface area (Å²) in [6, 6.07) is 8.18. The molecule has 3 rings (SSSR count). The summed E-state index contributed by atoms with van der Waals surface area (Å²) in [4.78, 5) is 17.3. The third-order valence-corrected chi connectivity index (χ3v) is 4.97. The smallest absolute Gasteiger partial charge is 0.251 e. The summed E-state index contributed by atoms with van der Waals surface area (Å²) in [5.74, 6) is 0.188. The number of nitrogens with zero attached hydrogens (tertiary/aromatic N) is 2. The molecule has 0 N–H and O–H groups in total. The van der Waals surface area contributed by atoms with Gasteiger partial charge in [0.15, 0.2) is 4.80 Å². The Hall–Kier alpha value is -1.46. The van der Waals surface area contributed by atoms with Crippen LogP contribution in [0.1, 0.15) is 26.2 Å². The molecule has 0 atom stereocenters. The zero-order chi connectivity index (χ0) is 14.7. The molecule has 0 spiro atoms. The van der Waals surface area contributed by atoms with Crippen LogP contribution in [0.15, 0.2) is 29.3 Å². The minimum atomic E-state index is 0.0398. The average molecular weight is 304 g/mol. The van der Waals surface area contributed by atoms with Gasteiger partial charge in [-0.25, -0.2) is 0 Å². The van der Waals surface area contributed by atoms with E-state index in [-0.39, 0.29) is 11.8 Å². The van der Waals surface area contributed by atoms with Gasteiger partial charge in [-0.1, -0.05) is 29.9 Å². The van der Waals surface area contributed by atoms with Gasteiger partial charge in [-0.2, -0.15) is 4.99 Å². The second-order valence-electron chi connectivity index (χ2n) is 5.28. The number of aromatic nitrogens is 1. The molecule has 2 aromatic rings. The van der Waals surface area contributed by atoms with Crippen molar-refractivity contribution in [1.82, 2.24) is 4.57 Å². The quantitative estimate of drug-likeness (QED) is 0.797. The lowest BCUT2D eigenvalue weighted by Gasteiger charge is -2.20. The molecule has 4 nitrogen and oxygen atoms in total. The Bertz CT molecular complexity index is 698. The molecular formula is C16H20N2O2S. The van der Waals surface area contributed by atoms with Gasteiger partial charge in [0.1, 0.15) is 0 Å². The van der Waals surface area contributed by atoms with Crippen molar-refractivity contribution in [2.45, 2.75) is 32.7 Å². The SMILES string of the molecule is CCOCCn1c(=NC(=O)C2CCC2)sc2ccccc21. The van der Waals surface area contributed by atoms with E-state index in [9.17, 15) is 4.79 Å². The molecule has 0 aliphatic heterocycles. The predicted octanol–water partition coefficient (Wildman–Crippen LogP) is 2.97. The van der Waals surface area contributed by atoms with Crippen molar-refractivity contribution >= 4 is 27.5 Å². The topological polar surface area (TPSA) is 43.6 Å². The van der Waals surface area contributed by atoms with E-state index >= 15 is 0 Å². The van der Waals surface area contributed by atoms with Crippen molar-refractivity contribution < 1.29 is 9.53 Å². The number of hydrogen-bond acceptors (Lipinski definition) is 3. The summed E-state index contributed by atoms with van der Waals surface area (Å²) in [7, 11) is 0. The highest BCUT2D eigenvalue weighted by Crippen LogP contribution is 2.27. The van der Waals surface area contributed by atoms with Crippen molar-refractivity contribution in [3.63, 3.8) is 0 Å². The standard InChI is InChI=1S/C16H20N2O2S/c1-2-20-11-10-18-13-8-3-4-9-14(13)21-16(18)17-15(19)12-6-5-7-12/h3-4,8-9,12H,2,5-7,10-11H2,1H3. The van der Waals surface area contributed by atoms with Gasteiger partial charge in [0.2, 0.25) is 0 Å². The van der Waals surface area contributed by atoms with E-state index in [1.807, 2.05) is 19.1 Å². The molecule has 0 saturated heterocycles. The predicted molar refractivity (Wildman–Crippen MR) is 84.2 cm³/mol. The fraction of sp³-hybridized carbons (Fsp3) is 0.500. The fourth-order valence-corrected chi connectivity index (χ4v) is 3.52. The van der Waals surface area contributed by atoms with Gasteiger partial charge in [-0.05, 0) is 31.9 Å². The third kappa shape index (κ3) is 3.09. The monoisotopic (exact) mass is 304 g/mol. The van der Waals surface area contributed by atoms with Crippen molar-refractivity contribution in [2.75, 3.05) is 13.2 Å². The molecule has 1 fully saturated rings. The van der Waals surface area contributed by atoms with Crippen LogP contribution in [-0.2, 0) is 16.1 Å². The second-order valence-corrected chi connectivity index (χ2v) is 6.29. The maximum absolute atomic E-state index is 12.1. The molecule has 1 aliphatic carbocycles. The minimum absolute atomic E-state index is 0.0398. The maximum atomic E-state index is 12.1. The number of rotatable bonds is 5. The van der Waals surface area contributed by atoms with Crippen LogP contribution < -0.4 is 4.80 Å². The molecule has 21 heavy (non-hydrogen) atoms. The molecule has 0 bridgehead atoms. The number of fused-ring (bicyclic) bond motifs is 1. The van der Waals surface area contributed by atoms with Crippen LogP contribution in [0.25, 0.3) is 10.2 Å². The lowest BCUT2D eigenvalue weighted by Crippen LogP contribution is -2.25. The molecule has 1 aliphatic rings. The van der Waals surface area contributed by atoms with Crippen molar-refractivity contribution in [3.8, 4) is 0 Å². The molecule has 1 amide bonds. The largest absolute Gasteiger partial charge is 0.380 e. The number of hydrogen-bond donors (Lipinski definition) is 0. The summed E-state index contributed by atoms with van der Waals surface area (Å²) >= 11 is 1.58. The summed E-state index contributed by atoms with van der Waals surface area (Å²) in [6.07, 6.45) is 3.14. The van der Waals surface area contributed by atoms with E-state index in [4.69, 9.17) is 4.74 Å². The first-order valence-electron chi connectivity index (χ1n) is 7.54. The highest BCUT2D eigenvalue weighted by molar-refractivity contribution is 7.16. The van der Waals surface area contributed by atoms with Crippen LogP contribution >= 0.6 is 11.3 Å². The molecule has 1 aromatic carbocycles. The Morgan fingerprint density at radius 3 is 2.95 bits per heavy atom. The third-order valence-electron chi connectivity index (χ3n) is 3.91. The van der Waals surface area contributed by atoms with Gasteiger partial charge in [0.05, 0.1) is 16.8 Å². The first-order chi connectivity index (χ1) is 10.3. The first-order valence-corrected chi connectivity index (χ1v) is 8.36. The van der Waals surface area contributed by atoms with Gasteiger partial charge in [0.25, 0.3) is 5.91 Å². The zero-order valence-corrected chi connectivity index (χ0v) is 13.1. The van der Waals surface area contributed by atoms with E-state index in [1.54, 1.807) is 11.3 Å². The first kappa shape index (κ1) is 14.5. The molecule has 5 heteroatoms. The summed E-state index contributed by atoms with van der Waals surface area (Å²) in [6.45, 7) is 4.06. The van der Waals surface area contributed by atoms with Crippen LogP contribution in [0.2, 0.25) is 0 Å². The molecule has 1 aromatic heterocycles. The number of carbonyl (C=O) groups excluding carboxylic acids is 1. The Kier molecular flexibility index (Phi) is 4.51. The van der Waals surface area contributed by atoms with E-state index in [2.05, 4.69) is 21.7 Å².